The summed E-state index contributed by atoms with van der Waals surface area (Å²) in [5, 5.41) is 0. The van der Waals surface area contributed by atoms with Gasteiger partial charge in [-0.25, -0.2) is 0 Å². The number of alkyl halides is 3. The first-order chi connectivity index (χ1) is 7.86. The first-order valence-corrected chi connectivity index (χ1v) is 5.38. The second-order valence-electron chi connectivity index (χ2n) is 3.99. The van der Waals surface area contributed by atoms with E-state index >= 15 is 0 Å². The number of benzene rings is 1. The number of nitrogens with two attached hydrogens (primary N) is 1. The minimum atomic E-state index is -4.38. The molecule has 1 unspecified atom stereocenters. The molecule has 1 rings (SSSR count). The summed E-state index contributed by atoms with van der Waals surface area (Å²) in [5.74, 6) is 0. The molecule has 5 heteroatoms. The van der Waals surface area contributed by atoms with Gasteiger partial charge in [0.05, 0.1) is 17.8 Å². The summed E-state index contributed by atoms with van der Waals surface area (Å²) in [5.41, 5.74) is 4.88. The van der Waals surface area contributed by atoms with Gasteiger partial charge >= 0.3 is 6.18 Å². The van der Waals surface area contributed by atoms with Crippen LogP contribution in [0.1, 0.15) is 31.1 Å². The zero-order chi connectivity index (χ0) is 13.1. The van der Waals surface area contributed by atoms with Crippen LogP contribution in [0.5, 0.6) is 0 Å². The molecule has 96 valence electrons. The molecule has 0 aromatic heterocycles. The van der Waals surface area contributed by atoms with Crippen LogP contribution in [0.3, 0.4) is 0 Å². The number of ether oxygens (including phenoxy) is 1. The van der Waals surface area contributed by atoms with Crippen LogP contribution in [0.2, 0.25) is 0 Å². The normalized spacial score (nSPS) is 14.1. The smallest absolute Gasteiger partial charge is 0.370 e. The third-order valence-electron chi connectivity index (χ3n) is 2.26. The maximum atomic E-state index is 12.8. The van der Waals surface area contributed by atoms with E-state index in [1.54, 1.807) is 19.9 Å². The van der Waals surface area contributed by atoms with Crippen LogP contribution in [-0.4, -0.2) is 12.6 Å². The van der Waals surface area contributed by atoms with E-state index in [0.29, 0.717) is 0 Å². The molecule has 1 aromatic carbocycles. The Morgan fingerprint density at radius 1 is 1.24 bits per heavy atom. The first kappa shape index (κ1) is 14.0. The molecule has 0 fully saturated rings. The second kappa shape index (κ2) is 5.51. The quantitative estimate of drug-likeness (QED) is 0.887. The molecular formula is C12H16F3NO. The van der Waals surface area contributed by atoms with Gasteiger partial charge in [0, 0.05) is 6.54 Å². The summed E-state index contributed by atoms with van der Waals surface area (Å²) in [6.45, 7) is 3.54. The molecule has 1 aromatic rings. The van der Waals surface area contributed by atoms with Crippen molar-refractivity contribution in [3.05, 3.63) is 35.4 Å². The third kappa shape index (κ3) is 3.71. The van der Waals surface area contributed by atoms with Crippen molar-refractivity contribution in [2.75, 3.05) is 6.54 Å². The molecule has 0 bridgehead atoms. The van der Waals surface area contributed by atoms with Crippen molar-refractivity contribution in [1.82, 2.24) is 0 Å². The van der Waals surface area contributed by atoms with Crippen molar-refractivity contribution in [3.8, 4) is 0 Å². The van der Waals surface area contributed by atoms with Gasteiger partial charge in [-0.2, -0.15) is 13.2 Å². The van der Waals surface area contributed by atoms with Crippen LogP contribution >= 0.6 is 0 Å². The Morgan fingerprint density at radius 2 is 1.82 bits per heavy atom. The van der Waals surface area contributed by atoms with Crippen LogP contribution in [-0.2, 0) is 10.9 Å². The van der Waals surface area contributed by atoms with Gasteiger partial charge in [-0.1, -0.05) is 18.2 Å². The summed E-state index contributed by atoms with van der Waals surface area (Å²) < 4.78 is 43.8. The molecule has 2 N–H and O–H groups in total. The van der Waals surface area contributed by atoms with Crippen molar-refractivity contribution in [2.24, 2.45) is 5.73 Å². The molecular weight excluding hydrogens is 231 g/mol. The predicted octanol–water partition coefficient (Wildman–Crippen LogP) is 3.13. The summed E-state index contributed by atoms with van der Waals surface area (Å²) in [7, 11) is 0. The topological polar surface area (TPSA) is 35.2 Å². The molecule has 0 saturated carbocycles. The minimum absolute atomic E-state index is 0.0191. The maximum Gasteiger partial charge on any atom is 0.416 e. The number of halogens is 3. The van der Waals surface area contributed by atoms with Gasteiger partial charge in [0.2, 0.25) is 0 Å². The average Bonchev–Trinajstić information content (AvgIpc) is 2.24. The molecule has 0 spiro atoms. The lowest BCUT2D eigenvalue weighted by atomic mass is 10.0. The minimum Gasteiger partial charge on any atom is -0.370 e. The van der Waals surface area contributed by atoms with Gasteiger partial charge in [-0.15, -0.1) is 0 Å². The van der Waals surface area contributed by atoms with Crippen LogP contribution in [0, 0.1) is 0 Å². The predicted molar refractivity (Wildman–Crippen MR) is 59.5 cm³/mol. The average molecular weight is 247 g/mol. The van der Waals surface area contributed by atoms with E-state index in [1.807, 2.05) is 0 Å². The SMILES string of the molecule is CC(C)OC(CN)c1ccccc1C(F)(F)F. The van der Waals surface area contributed by atoms with Gasteiger partial charge in [0.15, 0.2) is 0 Å². The van der Waals surface area contributed by atoms with Crippen molar-refractivity contribution < 1.29 is 17.9 Å². The lowest BCUT2D eigenvalue weighted by Gasteiger charge is -2.22. The number of rotatable bonds is 4. The monoisotopic (exact) mass is 247 g/mol. The summed E-state index contributed by atoms with van der Waals surface area (Å²) in [6, 6.07) is 5.36. The van der Waals surface area contributed by atoms with E-state index in [0.717, 1.165) is 6.07 Å². The van der Waals surface area contributed by atoms with E-state index in [2.05, 4.69) is 0 Å². The molecule has 0 saturated heterocycles. The highest BCUT2D eigenvalue weighted by molar-refractivity contribution is 5.31. The van der Waals surface area contributed by atoms with Gasteiger partial charge in [0.25, 0.3) is 0 Å². The van der Waals surface area contributed by atoms with Gasteiger partial charge < -0.3 is 10.5 Å². The van der Waals surface area contributed by atoms with Crippen molar-refractivity contribution in [3.63, 3.8) is 0 Å². The Kier molecular flexibility index (Phi) is 4.54. The highest BCUT2D eigenvalue weighted by Crippen LogP contribution is 2.35. The Hall–Kier alpha value is -1.07. The molecule has 1 atom stereocenters. The molecule has 2 nitrogen and oxygen atoms in total. The van der Waals surface area contributed by atoms with Crippen LogP contribution in [0.4, 0.5) is 13.2 Å². The molecule has 0 radical (unpaired) electrons. The fourth-order valence-corrected chi connectivity index (χ4v) is 1.62. The molecule has 0 heterocycles. The zero-order valence-corrected chi connectivity index (χ0v) is 9.79. The van der Waals surface area contributed by atoms with Crippen molar-refractivity contribution >= 4 is 0 Å². The Bertz CT molecular complexity index is 363. The standard InChI is InChI=1S/C12H16F3NO/c1-8(2)17-11(7-16)9-5-3-4-6-10(9)12(13,14)15/h3-6,8,11H,7,16H2,1-2H3. The van der Waals surface area contributed by atoms with E-state index < -0.39 is 17.8 Å². The number of hydrogen-bond donors (Lipinski definition) is 1. The summed E-state index contributed by atoms with van der Waals surface area (Å²) in [6.07, 6.45) is -5.29. The summed E-state index contributed by atoms with van der Waals surface area (Å²) in [4.78, 5) is 0. The fraction of sp³-hybridized carbons (Fsp3) is 0.500. The highest BCUT2D eigenvalue weighted by atomic mass is 19.4. The van der Waals surface area contributed by atoms with Crippen LogP contribution in [0.15, 0.2) is 24.3 Å². The van der Waals surface area contributed by atoms with E-state index in [9.17, 15) is 13.2 Å². The third-order valence-corrected chi connectivity index (χ3v) is 2.26. The van der Waals surface area contributed by atoms with E-state index in [-0.39, 0.29) is 18.2 Å². The number of hydrogen-bond acceptors (Lipinski definition) is 2. The largest absolute Gasteiger partial charge is 0.416 e. The summed E-state index contributed by atoms with van der Waals surface area (Å²) >= 11 is 0. The van der Waals surface area contributed by atoms with Crippen LogP contribution < -0.4 is 5.73 Å². The lowest BCUT2D eigenvalue weighted by molar-refractivity contribution is -0.139. The van der Waals surface area contributed by atoms with Gasteiger partial charge in [-0.3, -0.25) is 0 Å². The van der Waals surface area contributed by atoms with Crippen molar-refractivity contribution in [2.45, 2.75) is 32.2 Å². The Balaban J connectivity index is 3.11. The van der Waals surface area contributed by atoms with E-state index in [4.69, 9.17) is 10.5 Å². The highest BCUT2D eigenvalue weighted by Gasteiger charge is 2.35. The maximum absolute atomic E-state index is 12.8. The zero-order valence-electron chi connectivity index (χ0n) is 9.79. The first-order valence-electron chi connectivity index (χ1n) is 5.38. The lowest BCUT2D eigenvalue weighted by Crippen LogP contribution is -2.22. The van der Waals surface area contributed by atoms with Gasteiger partial charge in [0.1, 0.15) is 0 Å². The molecule has 0 aliphatic rings. The molecule has 0 amide bonds. The molecule has 0 aliphatic heterocycles. The molecule has 0 aliphatic carbocycles. The fourth-order valence-electron chi connectivity index (χ4n) is 1.62. The van der Waals surface area contributed by atoms with Crippen molar-refractivity contribution in [1.29, 1.82) is 0 Å². The Labute approximate surface area is 98.6 Å². The van der Waals surface area contributed by atoms with Crippen LogP contribution in [0.25, 0.3) is 0 Å². The van der Waals surface area contributed by atoms with E-state index in [1.165, 1.54) is 12.1 Å². The molecule has 17 heavy (non-hydrogen) atoms. The van der Waals surface area contributed by atoms with Gasteiger partial charge in [-0.05, 0) is 25.5 Å². The Morgan fingerprint density at radius 3 is 2.29 bits per heavy atom. The second-order valence-corrected chi connectivity index (χ2v) is 3.99.